The number of carbonyl (C=O) groups excluding carboxylic acids is 1. The van der Waals surface area contributed by atoms with E-state index in [1.165, 1.54) is 24.3 Å². The van der Waals surface area contributed by atoms with Crippen LogP contribution in [0.25, 0.3) is 10.9 Å². The zero-order chi connectivity index (χ0) is 25.9. The summed E-state index contributed by atoms with van der Waals surface area (Å²) in [5.74, 6) is 0.481. The van der Waals surface area contributed by atoms with E-state index in [2.05, 4.69) is 27.0 Å². The monoisotopic (exact) mass is 568 g/mol. The number of carbonyl (C=O) groups is 1. The first-order valence-electron chi connectivity index (χ1n) is 12.0. The van der Waals surface area contributed by atoms with E-state index in [0.29, 0.717) is 25.1 Å². The van der Waals surface area contributed by atoms with Gasteiger partial charge in [0.2, 0.25) is 0 Å². The molecule has 2 atom stereocenters. The molecule has 5 rings (SSSR count). The summed E-state index contributed by atoms with van der Waals surface area (Å²) in [4.78, 5) is 18.5. The number of fused-ring (bicyclic) bond motifs is 3. The average Bonchev–Trinajstić information content (AvgIpc) is 3.27. The van der Waals surface area contributed by atoms with Crippen LogP contribution in [-0.2, 0) is 6.42 Å². The molecule has 0 saturated heterocycles. The third kappa shape index (κ3) is 5.49. The van der Waals surface area contributed by atoms with Crippen LogP contribution in [0.1, 0.15) is 29.3 Å². The zero-order valence-electron chi connectivity index (χ0n) is 19.9. The lowest BCUT2D eigenvalue weighted by atomic mass is 9.92. The molecular formula is C28H26BrFN2O5. The number of nitrogens with zero attached hydrogens (tertiary/aromatic N) is 1. The van der Waals surface area contributed by atoms with Gasteiger partial charge in [0.05, 0.1) is 19.3 Å². The predicted molar refractivity (Wildman–Crippen MR) is 140 cm³/mol. The number of hydrogen-bond donors (Lipinski definition) is 3. The van der Waals surface area contributed by atoms with Crippen molar-refractivity contribution in [2.24, 2.45) is 0 Å². The van der Waals surface area contributed by atoms with E-state index in [1.54, 1.807) is 4.90 Å². The third-order valence-corrected chi connectivity index (χ3v) is 6.96. The van der Waals surface area contributed by atoms with Crippen molar-refractivity contribution in [1.82, 2.24) is 9.88 Å². The molecule has 2 heterocycles. The van der Waals surface area contributed by atoms with Crippen molar-refractivity contribution >= 4 is 32.9 Å². The van der Waals surface area contributed by atoms with E-state index < -0.39 is 24.1 Å². The van der Waals surface area contributed by atoms with E-state index >= 15 is 0 Å². The van der Waals surface area contributed by atoms with Crippen LogP contribution in [-0.4, -0.2) is 52.1 Å². The van der Waals surface area contributed by atoms with Crippen molar-refractivity contribution in [2.45, 2.75) is 25.0 Å². The first-order chi connectivity index (χ1) is 17.9. The van der Waals surface area contributed by atoms with Crippen LogP contribution in [0.4, 0.5) is 9.18 Å². The quantitative estimate of drug-likeness (QED) is 0.280. The number of nitrogens with one attached hydrogen (secondary N) is 1. The number of hydrogen-bond acceptors (Lipinski definition) is 5. The number of aromatic nitrogens is 1. The SMILES string of the molecule is O=C(Oc1ccc(F)cc1)N1CCc2c([nH]c3ccc(Br)cc23)C1c1ccc(OCCC(O)CO)cc1. The fourth-order valence-electron chi connectivity index (χ4n) is 4.62. The molecule has 0 bridgehead atoms. The Kier molecular flexibility index (Phi) is 7.45. The summed E-state index contributed by atoms with van der Waals surface area (Å²) >= 11 is 3.56. The number of rotatable bonds is 7. The van der Waals surface area contributed by atoms with Crippen LogP contribution in [0.3, 0.4) is 0 Å². The van der Waals surface area contributed by atoms with Gasteiger partial charge in [-0.05, 0) is 72.1 Å². The fourth-order valence-corrected chi connectivity index (χ4v) is 4.98. The molecule has 1 aliphatic heterocycles. The Morgan fingerprint density at radius 3 is 2.57 bits per heavy atom. The fraction of sp³-hybridized carbons (Fsp3) is 0.250. The van der Waals surface area contributed by atoms with Crippen molar-refractivity contribution in [3.05, 3.63) is 93.8 Å². The molecule has 1 aromatic heterocycles. The van der Waals surface area contributed by atoms with Gasteiger partial charge in [0, 0.05) is 34.0 Å². The maximum absolute atomic E-state index is 13.3. The van der Waals surface area contributed by atoms with Gasteiger partial charge >= 0.3 is 6.09 Å². The highest BCUT2D eigenvalue weighted by molar-refractivity contribution is 9.10. The molecule has 0 fully saturated rings. The number of amides is 1. The average molecular weight is 569 g/mol. The van der Waals surface area contributed by atoms with Crippen molar-refractivity contribution in [2.75, 3.05) is 19.8 Å². The predicted octanol–water partition coefficient (Wildman–Crippen LogP) is 5.34. The minimum absolute atomic E-state index is 0.266. The molecule has 9 heteroatoms. The van der Waals surface area contributed by atoms with E-state index in [1.807, 2.05) is 36.4 Å². The highest BCUT2D eigenvalue weighted by atomic mass is 79.9. The van der Waals surface area contributed by atoms with Gasteiger partial charge in [-0.25, -0.2) is 9.18 Å². The summed E-state index contributed by atoms with van der Waals surface area (Å²) < 4.78 is 25.6. The Morgan fingerprint density at radius 2 is 1.84 bits per heavy atom. The lowest BCUT2D eigenvalue weighted by Crippen LogP contribution is -2.42. The molecule has 1 amide bonds. The minimum Gasteiger partial charge on any atom is -0.493 e. The second kappa shape index (κ2) is 10.9. The Morgan fingerprint density at radius 1 is 1.11 bits per heavy atom. The number of aliphatic hydroxyl groups excluding tert-OH is 2. The molecule has 7 nitrogen and oxygen atoms in total. The number of halogens is 2. The van der Waals surface area contributed by atoms with Gasteiger partial charge in [0.1, 0.15) is 23.4 Å². The third-order valence-electron chi connectivity index (χ3n) is 6.47. The summed E-state index contributed by atoms with van der Waals surface area (Å²) in [6.45, 7) is 0.396. The summed E-state index contributed by atoms with van der Waals surface area (Å²) in [7, 11) is 0. The van der Waals surface area contributed by atoms with E-state index in [4.69, 9.17) is 14.6 Å². The topological polar surface area (TPSA) is 95.0 Å². The van der Waals surface area contributed by atoms with Crippen LogP contribution in [0, 0.1) is 5.82 Å². The molecule has 0 aliphatic carbocycles. The molecule has 2 unspecified atom stereocenters. The molecule has 3 aromatic carbocycles. The molecule has 3 N–H and O–H groups in total. The Labute approximate surface area is 221 Å². The molecule has 0 spiro atoms. The van der Waals surface area contributed by atoms with Crippen LogP contribution in [0.5, 0.6) is 11.5 Å². The Hall–Kier alpha value is -3.40. The summed E-state index contributed by atoms with van der Waals surface area (Å²) in [5, 5.41) is 19.6. The zero-order valence-corrected chi connectivity index (χ0v) is 21.4. The van der Waals surface area contributed by atoms with Gasteiger partial charge in [-0.3, -0.25) is 4.90 Å². The molecule has 192 valence electrons. The normalized spacial score (nSPS) is 15.9. The Bertz CT molecular complexity index is 1390. The van der Waals surface area contributed by atoms with Crippen molar-refractivity contribution in [3.8, 4) is 11.5 Å². The van der Waals surface area contributed by atoms with Gasteiger partial charge < -0.3 is 24.7 Å². The number of ether oxygens (including phenoxy) is 2. The smallest absolute Gasteiger partial charge is 0.416 e. The van der Waals surface area contributed by atoms with Crippen molar-refractivity contribution in [3.63, 3.8) is 0 Å². The highest BCUT2D eigenvalue weighted by Gasteiger charge is 2.35. The second-order valence-electron chi connectivity index (χ2n) is 8.92. The lowest BCUT2D eigenvalue weighted by Gasteiger charge is -2.35. The number of benzene rings is 3. The highest BCUT2D eigenvalue weighted by Crippen LogP contribution is 2.40. The number of aliphatic hydroxyl groups is 2. The van der Waals surface area contributed by atoms with E-state index in [0.717, 1.165) is 32.2 Å². The van der Waals surface area contributed by atoms with Gasteiger partial charge in [0.15, 0.2) is 0 Å². The largest absolute Gasteiger partial charge is 0.493 e. The minimum atomic E-state index is -0.817. The summed E-state index contributed by atoms with van der Waals surface area (Å²) in [5.41, 5.74) is 3.90. The summed E-state index contributed by atoms with van der Waals surface area (Å²) in [6, 6.07) is 18.4. The molecule has 4 aromatic rings. The van der Waals surface area contributed by atoms with Crippen molar-refractivity contribution in [1.29, 1.82) is 0 Å². The second-order valence-corrected chi connectivity index (χ2v) is 9.83. The van der Waals surface area contributed by atoms with Gasteiger partial charge in [-0.1, -0.05) is 28.1 Å². The van der Waals surface area contributed by atoms with Crippen LogP contribution < -0.4 is 9.47 Å². The van der Waals surface area contributed by atoms with Crippen LogP contribution in [0.15, 0.2) is 71.2 Å². The molecular weight excluding hydrogens is 543 g/mol. The maximum Gasteiger partial charge on any atom is 0.416 e. The molecule has 37 heavy (non-hydrogen) atoms. The lowest BCUT2D eigenvalue weighted by molar-refractivity contribution is 0.0754. The molecule has 1 aliphatic rings. The summed E-state index contributed by atoms with van der Waals surface area (Å²) in [6.07, 6.45) is -0.379. The molecule has 0 radical (unpaired) electrons. The number of H-pyrrole nitrogens is 1. The first kappa shape index (κ1) is 25.3. The van der Waals surface area contributed by atoms with Crippen LogP contribution >= 0.6 is 15.9 Å². The van der Waals surface area contributed by atoms with Gasteiger partial charge in [-0.2, -0.15) is 0 Å². The molecule has 0 saturated carbocycles. The van der Waals surface area contributed by atoms with Gasteiger partial charge in [-0.15, -0.1) is 0 Å². The van der Waals surface area contributed by atoms with E-state index in [-0.39, 0.29) is 19.0 Å². The maximum atomic E-state index is 13.3. The first-order valence-corrected chi connectivity index (χ1v) is 12.8. The Balaban J connectivity index is 1.46. The van der Waals surface area contributed by atoms with E-state index in [9.17, 15) is 14.3 Å². The van der Waals surface area contributed by atoms with Gasteiger partial charge in [0.25, 0.3) is 0 Å². The van der Waals surface area contributed by atoms with Crippen LogP contribution in [0.2, 0.25) is 0 Å². The standard InChI is InChI=1S/C28H26BrFN2O5/c29-18-3-10-25-24(15-18)23-11-13-32(28(35)37-22-8-4-19(30)5-9-22)27(26(23)31-25)17-1-6-21(7-2-17)36-14-12-20(34)16-33/h1-10,15,20,27,31,33-34H,11-14,16H2. The number of aromatic amines is 1. The van der Waals surface area contributed by atoms with Crippen molar-refractivity contribution < 1.29 is 28.9 Å².